The van der Waals surface area contributed by atoms with Crippen LogP contribution in [0, 0.1) is 5.41 Å². The van der Waals surface area contributed by atoms with Gasteiger partial charge in [-0.15, -0.1) is 0 Å². The van der Waals surface area contributed by atoms with Gasteiger partial charge in [0.1, 0.15) is 11.3 Å². The molecule has 4 rings (SSSR count). The number of nitrogens with zero attached hydrogens (tertiary/aromatic N) is 4. The molecule has 134 valence electrons. The summed E-state index contributed by atoms with van der Waals surface area (Å²) >= 11 is 0. The fourth-order valence-corrected chi connectivity index (χ4v) is 3.30. The summed E-state index contributed by atoms with van der Waals surface area (Å²) in [4.78, 5) is 31.8. The Morgan fingerprint density at radius 2 is 1.96 bits per heavy atom. The van der Waals surface area contributed by atoms with Crippen molar-refractivity contribution >= 4 is 22.8 Å². The Labute approximate surface area is 152 Å². The second kappa shape index (κ2) is 6.20. The Kier molecular flexibility index (Phi) is 3.98. The number of H-pyrrole nitrogens is 1. The molecule has 0 atom stereocenters. The smallest absolute Gasteiger partial charge is 0.171 e. The standard InChI is InChI=1S/C20H23N5O/c1-20(2,3)18(26)14-11-22-19-17(14)24-15(12-23-19)13-6-7-21-16(10-13)25-8-4-5-9-25/h6-7,10-12H,4-5,8-9H2,1-3H3,(H,22,23). The van der Waals surface area contributed by atoms with Crippen LogP contribution in [-0.2, 0) is 0 Å². The van der Waals surface area contributed by atoms with Crippen molar-refractivity contribution in [2.45, 2.75) is 33.6 Å². The first-order chi connectivity index (χ1) is 12.4. The molecule has 0 radical (unpaired) electrons. The van der Waals surface area contributed by atoms with Gasteiger partial charge in [0.25, 0.3) is 0 Å². The van der Waals surface area contributed by atoms with Gasteiger partial charge >= 0.3 is 0 Å². The van der Waals surface area contributed by atoms with Gasteiger partial charge in [0.2, 0.25) is 0 Å². The maximum absolute atomic E-state index is 12.7. The van der Waals surface area contributed by atoms with E-state index in [-0.39, 0.29) is 5.78 Å². The zero-order valence-corrected chi connectivity index (χ0v) is 15.4. The van der Waals surface area contributed by atoms with Gasteiger partial charge < -0.3 is 9.88 Å². The third kappa shape index (κ3) is 2.96. The van der Waals surface area contributed by atoms with Gasteiger partial charge in [-0.1, -0.05) is 20.8 Å². The predicted molar refractivity (Wildman–Crippen MR) is 102 cm³/mol. The summed E-state index contributed by atoms with van der Waals surface area (Å²) in [7, 11) is 0. The van der Waals surface area contributed by atoms with Crippen LogP contribution in [0.1, 0.15) is 44.0 Å². The van der Waals surface area contributed by atoms with E-state index in [2.05, 4.69) is 25.9 Å². The van der Waals surface area contributed by atoms with Gasteiger partial charge in [0, 0.05) is 36.5 Å². The summed E-state index contributed by atoms with van der Waals surface area (Å²) in [5, 5.41) is 0. The number of aromatic amines is 1. The van der Waals surface area contributed by atoms with Crippen LogP contribution in [0.3, 0.4) is 0 Å². The number of anilines is 1. The molecule has 0 unspecified atom stereocenters. The maximum Gasteiger partial charge on any atom is 0.171 e. The van der Waals surface area contributed by atoms with Crippen LogP contribution in [0.2, 0.25) is 0 Å². The summed E-state index contributed by atoms with van der Waals surface area (Å²) in [6.45, 7) is 7.83. The average Bonchev–Trinajstić information content (AvgIpc) is 3.29. The van der Waals surface area contributed by atoms with E-state index in [9.17, 15) is 4.79 Å². The molecule has 1 saturated heterocycles. The lowest BCUT2D eigenvalue weighted by Gasteiger charge is -2.17. The van der Waals surface area contributed by atoms with E-state index >= 15 is 0 Å². The number of hydrogen-bond donors (Lipinski definition) is 1. The Morgan fingerprint density at radius 3 is 2.69 bits per heavy atom. The van der Waals surface area contributed by atoms with Crippen LogP contribution in [0.4, 0.5) is 5.82 Å². The lowest BCUT2D eigenvalue weighted by Crippen LogP contribution is -2.20. The van der Waals surface area contributed by atoms with E-state index in [1.54, 1.807) is 12.4 Å². The van der Waals surface area contributed by atoms with E-state index in [0.717, 1.165) is 30.2 Å². The molecule has 26 heavy (non-hydrogen) atoms. The largest absolute Gasteiger partial charge is 0.357 e. The average molecular weight is 349 g/mol. The first-order valence-electron chi connectivity index (χ1n) is 9.04. The molecule has 1 aliphatic heterocycles. The molecule has 0 spiro atoms. The minimum absolute atomic E-state index is 0.0580. The van der Waals surface area contributed by atoms with Crippen molar-refractivity contribution in [3.05, 3.63) is 36.3 Å². The topological polar surface area (TPSA) is 74.8 Å². The van der Waals surface area contributed by atoms with E-state index in [0.29, 0.717) is 16.7 Å². The van der Waals surface area contributed by atoms with Crippen LogP contribution >= 0.6 is 0 Å². The Bertz CT molecular complexity index is 964. The highest BCUT2D eigenvalue weighted by molar-refractivity contribution is 6.08. The van der Waals surface area contributed by atoms with Crippen LogP contribution in [0.25, 0.3) is 22.4 Å². The number of rotatable bonds is 3. The number of hydrogen-bond acceptors (Lipinski definition) is 5. The predicted octanol–water partition coefficient (Wildman–Crippen LogP) is 3.85. The molecular weight excluding hydrogens is 326 g/mol. The molecule has 6 heteroatoms. The fourth-order valence-electron chi connectivity index (χ4n) is 3.30. The van der Waals surface area contributed by atoms with E-state index in [1.165, 1.54) is 12.8 Å². The summed E-state index contributed by atoms with van der Waals surface area (Å²) in [5.41, 5.74) is 3.11. The molecule has 0 saturated carbocycles. The quantitative estimate of drug-likeness (QED) is 0.727. The Hall–Kier alpha value is -2.76. The summed E-state index contributed by atoms with van der Waals surface area (Å²) in [6, 6.07) is 3.99. The molecule has 6 nitrogen and oxygen atoms in total. The van der Waals surface area contributed by atoms with E-state index in [4.69, 9.17) is 4.98 Å². The van der Waals surface area contributed by atoms with Gasteiger partial charge in [0.15, 0.2) is 11.4 Å². The lowest BCUT2D eigenvalue weighted by molar-refractivity contribution is 0.0860. The van der Waals surface area contributed by atoms with Gasteiger partial charge in [-0.05, 0) is 25.0 Å². The number of aromatic nitrogens is 4. The van der Waals surface area contributed by atoms with Gasteiger partial charge in [0.05, 0.1) is 17.5 Å². The third-order valence-corrected chi connectivity index (χ3v) is 4.78. The van der Waals surface area contributed by atoms with Crippen molar-refractivity contribution in [2.75, 3.05) is 18.0 Å². The number of Topliss-reactive ketones (excluding diaryl/α,β-unsaturated/α-hetero) is 1. The monoisotopic (exact) mass is 349 g/mol. The first-order valence-corrected chi connectivity index (χ1v) is 9.04. The number of fused-ring (bicyclic) bond motifs is 1. The highest BCUT2D eigenvalue weighted by atomic mass is 16.1. The second-order valence-corrected chi connectivity index (χ2v) is 7.83. The Balaban J connectivity index is 1.76. The molecule has 0 bridgehead atoms. The molecule has 0 aliphatic carbocycles. The van der Waals surface area contributed by atoms with Crippen LogP contribution in [0.15, 0.2) is 30.7 Å². The van der Waals surface area contributed by atoms with Crippen molar-refractivity contribution in [1.29, 1.82) is 0 Å². The molecule has 0 amide bonds. The molecular formula is C20H23N5O. The van der Waals surface area contributed by atoms with E-state index in [1.807, 2.05) is 33.0 Å². The molecule has 1 N–H and O–H groups in total. The lowest BCUT2D eigenvalue weighted by atomic mass is 9.87. The molecule has 1 aliphatic rings. The van der Waals surface area contributed by atoms with Gasteiger partial charge in [-0.3, -0.25) is 4.79 Å². The molecule has 3 aromatic rings. The normalized spacial score (nSPS) is 15.0. The SMILES string of the molecule is CC(C)(C)C(=O)c1c[nH]c2ncc(-c3ccnc(N4CCCC4)c3)nc12. The maximum atomic E-state index is 12.7. The fraction of sp³-hybridized carbons (Fsp3) is 0.400. The van der Waals surface area contributed by atoms with Crippen molar-refractivity contribution in [3.63, 3.8) is 0 Å². The minimum Gasteiger partial charge on any atom is -0.357 e. The molecule has 0 aromatic carbocycles. The first kappa shape index (κ1) is 16.7. The van der Waals surface area contributed by atoms with Crippen LogP contribution < -0.4 is 4.90 Å². The number of pyridine rings is 1. The van der Waals surface area contributed by atoms with Crippen LogP contribution in [0.5, 0.6) is 0 Å². The summed E-state index contributed by atoms with van der Waals surface area (Å²) in [6.07, 6.45) is 7.68. The van der Waals surface area contributed by atoms with Crippen molar-refractivity contribution < 1.29 is 4.79 Å². The molecule has 3 aromatic heterocycles. The number of nitrogens with one attached hydrogen (secondary N) is 1. The van der Waals surface area contributed by atoms with Gasteiger partial charge in [-0.2, -0.15) is 0 Å². The Morgan fingerprint density at radius 1 is 1.19 bits per heavy atom. The second-order valence-electron chi connectivity index (χ2n) is 7.83. The highest BCUT2D eigenvalue weighted by Crippen LogP contribution is 2.28. The number of ketones is 1. The third-order valence-electron chi connectivity index (χ3n) is 4.78. The highest BCUT2D eigenvalue weighted by Gasteiger charge is 2.26. The minimum atomic E-state index is -0.466. The zero-order valence-electron chi connectivity index (χ0n) is 15.4. The van der Waals surface area contributed by atoms with Crippen LogP contribution in [-0.4, -0.2) is 38.8 Å². The zero-order chi connectivity index (χ0) is 18.3. The van der Waals surface area contributed by atoms with Crippen molar-refractivity contribution in [1.82, 2.24) is 19.9 Å². The van der Waals surface area contributed by atoms with Crippen molar-refractivity contribution in [2.24, 2.45) is 5.41 Å². The van der Waals surface area contributed by atoms with Gasteiger partial charge in [-0.25, -0.2) is 15.0 Å². The number of carbonyl (C=O) groups is 1. The molecule has 1 fully saturated rings. The summed E-state index contributed by atoms with van der Waals surface area (Å²) < 4.78 is 0. The van der Waals surface area contributed by atoms with E-state index < -0.39 is 5.41 Å². The number of carbonyl (C=O) groups excluding carboxylic acids is 1. The molecule has 4 heterocycles. The summed E-state index contributed by atoms with van der Waals surface area (Å²) in [5.74, 6) is 1.03. The van der Waals surface area contributed by atoms with Crippen molar-refractivity contribution in [3.8, 4) is 11.3 Å².